The summed E-state index contributed by atoms with van der Waals surface area (Å²) in [5.41, 5.74) is 0. The second-order valence-electron chi connectivity index (χ2n) is 3.84. The maximum absolute atomic E-state index is 11.7. The summed E-state index contributed by atoms with van der Waals surface area (Å²) in [5.74, 6) is 0.703. The van der Waals surface area contributed by atoms with Crippen LogP contribution >= 0.6 is 23.4 Å². The third kappa shape index (κ3) is 4.03. The predicted molar refractivity (Wildman–Crippen MR) is 75.4 cm³/mol. The Kier molecular flexibility index (Phi) is 5.68. The molecular formula is C11H17ClN4OS. The van der Waals surface area contributed by atoms with Gasteiger partial charge in [0.25, 0.3) is 0 Å². The summed E-state index contributed by atoms with van der Waals surface area (Å²) >= 11 is 7.36. The molecule has 0 radical (unpaired) electrons. The molecule has 0 aliphatic rings. The Morgan fingerprint density at radius 1 is 1.44 bits per heavy atom. The van der Waals surface area contributed by atoms with E-state index in [1.807, 2.05) is 18.1 Å². The highest BCUT2D eigenvalue weighted by molar-refractivity contribution is 7.98. The molecule has 7 heteroatoms. The van der Waals surface area contributed by atoms with E-state index in [1.54, 1.807) is 25.1 Å². The third-order valence-electron chi connectivity index (χ3n) is 2.37. The smallest absolute Gasteiger partial charge is 0.241 e. The van der Waals surface area contributed by atoms with E-state index in [9.17, 15) is 4.79 Å². The maximum Gasteiger partial charge on any atom is 0.241 e. The molecule has 0 spiro atoms. The van der Waals surface area contributed by atoms with E-state index in [2.05, 4.69) is 9.97 Å². The fraction of sp³-hybridized carbons (Fsp3) is 0.545. The van der Waals surface area contributed by atoms with E-state index in [4.69, 9.17) is 11.6 Å². The Hall–Kier alpha value is -1.01. The quantitative estimate of drug-likeness (QED) is 0.469. The van der Waals surface area contributed by atoms with Crippen molar-refractivity contribution in [1.82, 2.24) is 14.9 Å². The lowest BCUT2D eigenvalue weighted by Crippen LogP contribution is -2.37. The molecule has 0 N–H and O–H groups in total. The highest BCUT2D eigenvalue weighted by Crippen LogP contribution is 2.20. The first-order valence-corrected chi connectivity index (χ1v) is 7.11. The van der Waals surface area contributed by atoms with Gasteiger partial charge in [-0.3, -0.25) is 4.79 Å². The number of carbonyl (C=O) groups excluding carboxylic acids is 1. The van der Waals surface area contributed by atoms with Crippen LogP contribution in [0, 0.1) is 0 Å². The molecule has 0 atom stereocenters. The van der Waals surface area contributed by atoms with Crippen LogP contribution in [0.1, 0.15) is 6.92 Å². The lowest BCUT2D eigenvalue weighted by atomic mass is 10.4. The highest BCUT2D eigenvalue weighted by Gasteiger charge is 2.14. The number of nitrogens with zero attached hydrogens (tertiary/aromatic N) is 4. The number of carbonyl (C=O) groups is 1. The number of amides is 1. The van der Waals surface area contributed by atoms with Crippen LogP contribution in [0.5, 0.6) is 0 Å². The first-order valence-electron chi connectivity index (χ1n) is 5.51. The van der Waals surface area contributed by atoms with Crippen molar-refractivity contribution in [1.29, 1.82) is 0 Å². The van der Waals surface area contributed by atoms with Gasteiger partial charge in [-0.1, -0.05) is 23.4 Å². The number of thioether (sulfide) groups is 1. The Morgan fingerprint density at radius 3 is 2.61 bits per heavy atom. The minimum atomic E-state index is 0.0253. The number of halogens is 1. The van der Waals surface area contributed by atoms with E-state index < -0.39 is 0 Å². The van der Waals surface area contributed by atoms with Crippen LogP contribution in [0.4, 0.5) is 5.82 Å². The maximum atomic E-state index is 11.7. The van der Waals surface area contributed by atoms with Gasteiger partial charge in [-0.15, -0.1) is 0 Å². The van der Waals surface area contributed by atoms with Gasteiger partial charge in [0.2, 0.25) is 5.91 Å². The van der Waals surface area contributed by atoms with Crippen LogP contribution in [0.2, 0.25) is 5.15 Å². The summed E-state index contributed by atoms with van der Waals surface area (Å²) < 4.78 is 0. The van der Waals surface area contributed by atoms with Gasteiger partial charge < -0.3 is 9.80 Å². The first kappa shape index (κ1) is 15.0. The normalized spacial score (nSPS) is 10.3. The van der Waals surface area contributed by atoms with Gasteiger partial charge >= 0.3 is 0 Å². The van der Waals surface area contributed by atoms with E-state index in [1.165, 1.54) is 11.8 Å². The van der Waals surface area contributed by atoms with Gasteiger partial charge in [-0.25, -0.2) is 9.97 Å². The van der Waals surface area contributed by atoms with E-state index in [-0.39, 0.29) is 12.5 Å². The topological polar surface area (TPSA) is 49.3 Å². The van der Waals surface area contributed by atoms with Crippen LogP contribution < -0.4 is 4.90 Å². The van der Waals surface area contributed by atoms with Crippen molar-refractivity contribution < 1.29 is 4.79 Å². The van der Waals surface area contributed by atoms with Crippen molar-refractivity contribution in [2.24, 2.45) is 0 Å². The van der Waals surface area contributed by atoms with Crippen molar-refractivity contribution in [2.45, 2.75) is 12.1 Å². The van der Waals surface area contributed by atoms with Crippen LogP contribution in [-0.4, -0.2) is 54.2 Å². The summed E-state index contributed by atoms with van der Waals surface area (Å²) in [6.45, 7) is 2.93. The van der Waals surface area contributed by atoms with Crippen LogP contribution in [0.15, 0.2) is 11.2 Å². The largest absolute Gasteiger partial charge is 0.347 e. The Bertz CT molecular complexity index is 428. The van der Waals surface area contributed by atoms with Crippen molar-refractivity contribution in [2.75, 3.05) is 38.3 Å². The Morgan fingerprint density at radius 2 is 2.11 bits per heavy atom. The number of likely N-dealkylation sites (N-methyl/N-ethyl adjacent to an activating group) is 2. The average Bonchev–Trinajstić information content (AvgIpc) is 2.34. The summed E-state index contributed by atoms with van der Waals surface area (Å²) in [6, 6.07) is 1.67. The van der Waals surface area contributed by atoms with Gasteiger partial charge in [-0.05, 0) is 13.2 Å². The Labute approximate surface area is 117 Å². The zero-order valence-electron chi connectivity index (χ0n) is 11.0. The van der Waals surface area contributed by atoms with E-state index in [0.29, 0.717) is 22.7 Å². The molecule has 0 fully saturated rings. The van der Waals surface area contributed by atoms with Gasteiger partial charge in [0.05, 0.1) is 6.54 Å². The van der Waals surface area contributed by atoms with Gasteiger partial charge in [0.15, 0.2) is 5.16 Å². The molecule has 0 saturated heterocycles. The molecular weight excluding hydrogens is 272 g/mol. The molecule has 5 nitrogen and oxygen atoms in total. The van der Waals surface area contributed by atoms with Crippen LogP contribution in [-0.2, 0) is 4.79 Å². The van der Waals surface area contributed by atoms with Gasteiger partial charge in [0, 0.05) is 26.7 Å². The molecule has 1 rings (SSSR count). The second-order valence-corrected chi connectivity index (χ2v) is 5.00. The van der Waals surface area contributed by atoms with E-state index >= 15 is 0 Å². The molecule has 0 aliphatic carbocycles. The third-order valence-corrected chi connectivity index (χ3v) is 3.12. The summed E-state index contributed by atoms with van der Waals surface area (Å²) in [5, 5.41) is 0.994. The van der Waals surface area contributed by atoms with Crippen LogP contribution in [0.25, 0.3) is 0 Å². The molecule has 1 aromatic rings. The van der Waals surface area contributed by atoms with Crippen molar-refractivity contribution >= 4 is 35.1 Å². The lowest BCUT2D eigenvalue weighted by Gasteiger charge is -2.23. The molecule has 0 bridgehead atoms. The number of anilines is 1. The molecule has 1 amide bonds. The fourth-order valence-electron chi connectivity index (χ4n) is 1.30. The molecule has 0 aromatic carbocycles. The number of hydrogen-bond donors (Lipinski definition) is 0. The van der Waals surface area contributed by atoms with Gasteiger partial charge in [0.1, 0.15) is 11.0 Å². The molecule has 100 valence electrons. The zero-order valence-corrected chi connectivity index (χ0v) is 12.5. The van der Waals surface area contributed by atoms with Crippen molar-refractivity contribution in [3.63, 3.8) is 0 Å². The molecule has 1 heterocycles. The molecule has 0 aliphatic heterocycles. The molecule has 0 unspecified atom stereocenters. The molecule has 1 aromatic heterocycles. The predicted octanol–water partition coefficient (Wildman–Crippen LogP) is 1.77. The van der Waals surface area contributed by atoms with Gasteiger partial charge in [-0.2, -0.15) is 0 Å². The monoisotopic (exact) mass is 288 g/mol. The summed E-state index contributed by atoms with van der Waals surface area (Å²) in [6.07, 6.45) is 1.89. The number of aromatic nitrogens is 2. The highest BCUT2D eigenvalue weighted by atomic mass is 35.5. The van der Waals surface area contributed by atoms with Crippen molar-refractivity contribution in [3.8, 4) is 0 Å². The zero-order chi connectivity index (χ0) is 13.7. The molecule has 0 saturated carbocycles. The minimum Gasteiger partial charge on any atom is -0.347 e. The van der Waals surface area contributed by atoms with Crippen LogP contribution in [0.3, 0.4) is 0 Å². The summed E-state index contributed by atoms with van der Waals surface area (Å²) in [7, 11) is 3.47. The SMILES string of the molecule is CCN(CC(=O)N(C)C)c1cc(Cl)nc(SC)n1. The molecule has 18 heavy (non-hydrogen) atoms. The summed E-state index contributed by atoms with van der Waals surface area (Å²) in [4.78, 5) is 23.6. The lowest BCUT2D eigenvalue weighted by molar-refractivity contribution is -0.127. The first-order chi connectivity index (χ1) is 8.47. The number of hydrogen-bond acceptors (Lipinski definition) is 5. The fourth-order valence-corrected chi connectivity index (χ4v) is 1.90. The average molecular weight is 289 g/mol. The van der Waals surface area contributed by atoms with E-state index in [0.717, 1.165) is 0 Å². The Balaban J connectivity index is 2.94. The standard InChI is InChI=1S/C11H17ClN4OS/c1-5-16(7-10(17)15(2)3)9-6-8(12)13-11(14-9)18-4/h6H,5,7H2,1-4H3. The van der Waals surface area contributed by atoms with Crippen molar-refractivity contribution in [3.05, 3.63) is 11.2 Å². The minimum absolute atomic E-state index is 0.0253. The second kappa shape index (κ2) is 6.80. The number of rotatable bonds is 5.